The molecule has 0 saturated heterocycles. The van der Waals surface area contributed by atoms with Gasteiger partial charge in [-0.1, -0.05) is 24.3 Å². The molecule has 2 N–H and O–H groups in total. The Bertz CT molecular complexity index is 692. The zero-order valence-electron chi connectivity index (χ0n) is 12.3. The molecule has 0 unspecified atom stereocenters. The van der Waals surface area contributed by atoms with E-state index in [1.807, 2.05) is 24.3 Å². The predicted molar refractivity (Wildman–Crippen MR) is 82.3 cm³/mol. The SMILES string of the molecule is COc1cccc([C@H]2CC[C@@]2(O)c2ccc(C(=O)O)cc2)c1. The average Bonchev–Trinajstić information content (AvgIpc) is 2.53. The van der Waals surface area contributed by atoms with Crippen molar-refractivity contribution in [3.63, 3.8) is 0 Å². The van der Waals surface area contributed by atoms with E-state index in [4.69, 9.17) is 9.84 Å². The lowest BCUT2D eigenvalue weighted by molar-refractivity contribution is -0.0645. The number of benzene rings is 2. The lowest BCUT2D eigenvalue weighted by Crippen LogP contribution is -2.42. The molecule has 2 atom stereocenters. The number of methoxy groups -OCH3 is 1. The second-order valence-electron chi connectivity index (χ2n) is 5.67. The van der Waals surface area contributed by atoms with E-state index in [2.05, 4.69) is 0 Å². The second kappa shape index (κ2) is 5.46. The molecule has 0 aliphatic heterocycles. The molecule has 3 rings (SSSR count). The third-order valence-corrected chi connectivity index (χ3v) is 4.52. The highest BCUT2D eigenvalue weighted by Gasteiger charge is 2.47. The lowest BCUT2D eigenvalue weighted by Gasteiger charge is -2.46. The van der Waals surface area contributed by atoms with Crippen molar-refractivity contribution in [2.45, 2.75) is 24.4 Å². The Kier molecular flexibility index (Phi) is 3.62. The molecule has 1 aliphatic carbocycles. The Morgan fingerprint density at radius 1 is 1.23 bits per heavy atom. The normalized spacial score (nSPS) is 23.6. The van der Waals surface area contributed by atoms with Crippen molar-refractivity contribution in [1.29, 1.82) is 0 Å². The van der Waals surface area contributed by atoms with E-state index in [-0.39, 0.29) is 11.5 Å². The first-order valence-electron chi connectivity index (χ1n) is 7.25. The zero-order valence-corrected chi connectivity index (χ0v) is 12.3. The van der Waals surface area contributed by atoms with Gasteiger partial charge in [-0.05, 0) is 48.2 Å². The Hall–Kier alpha value is -2.33. The highest BCUT2D eigenvalue weighted by atomic mass is 16.5. The van der Waals surface area contributed by atoms with Crippen molar-refractivity contribution in [2.75, 3.05) is 7.11 Å². The van der Waals surface area contributed by atoms with Gasteiger partial charge in [-0.25, -0.2) is 4.79 Å². The van der Waals surface area contributed by atoms with Gasteiger partial charge in [0.05, 0.1) is 18.3 Å². The summed E-state index contributed by atoms with van der Waals surface area (Å²) >= 11 is 0. The van der Waals surface area contributed by atoms with Crippen LogP contribution in [-0.2, 0) is 5.60 Å². The number of carboxylic acid groups (broad SMARTS) is 1. The van der Waals surface area contributed by atoms with Crippen molar-refractivity contribution in [3.05, 3.63) is 65.2 Å². The van der Waals surface area contributed by atoms with Crippen molar-refractivity contribution in [2.24, 2.45) is 0 Å². The van der Waals surface area contributed by atoms with Crippen LogP contribution in [0.4, 0.5) is 0 Å². The maximum absolute atomic E-state index is 11.0. The van der Waals surface area contributed by atoms with Gasteiger partial charge < -0.3 is 14.9 Å². The average molecular weight is 298 g/mol. The largest absolute Gasteiger partial charge is 0.497 e. The van der Waals surface area contributed by atoms with Gasteiger partial charge in [0.1, 0.15) is 5.75 Å². The molecule has 2 aromatic carbocycles. The van der Waals surface area contributed by atoms with Crippen molar-refractivity contribution < 1.29 is 19.7 Å². The number of ether oxygens (including phenoxy) is 1. The predicted octanol–water partition coefficient (Wildman–Crippen LogP) is 3.16. The maximum Gasteiger partial charge on any atom is 0.335 e. The van der Waals surface area contributed by atoms with Gasteiger partial charge in [0.25, 0.3) is 0 Å². The van der Waals surface area contributed by atoms with Crippen LogP contribution in [0.5, 0.6) is 5.75 Å². The van der Waals surface area contributed by atoms with Crippen molar-refractivity contribution >= 4 is 5.97 Å². The number of aliphatic hydroxyl groups is 1. The zero-order chi connectivity index (χ0) is 15.7. The smallest absolute Gasteiger partial charge is 0.335 e. The van der Waals surface area contributed by atoms with E-state index in [0.717, 1.165) is 23.3 Å². The topological polar surface area (TPSA) is 66.8 Å². The Labute approximate surface area is 129 Å². The van der Waals surface area contributed by atoms with Crippen LogP contribution in [0.3, 0.4) is 0 Å². The summed E-state index contributed by atoms with van der Waals surface area (Å²) in [6, 6.07) is 14.2. The molecule has 2 aromatic rings. The van der Waals surface area contributed by atoms with E-state index < -0.39 is 11.6 Å². The van der Waals surface area contributed by atoms with Gasteiger partial charge in [-0.3, -0.25) is 0 Å². The summed E-state index contributed by atoms with van der Waals surface area (Å²) in [5.74, 6) is -0.192. The van der Waals surface area contributed by atoms with Gasteiger partial charge in [0, 0.05) is 5.92 Å². The molecule has 0 bridgehead atoms. The number of rotatable bonds is 4. The summed E-state index contributed by atoms with van der Waals surface area (Å²) in [6.45, 7) is 0. The molecule has 1 saturated carbocycles. The van der Waals surface area contributed by atoms with Crippen LogP contribution in [0.2, 0.25) is 0 Å². The fraction of sp³-hybridized carbons (Fsp3) is 0.278. The van der Waals surface area contributed by atoms with E-state index in [1.165, 1.54) is 12.1 Å². The van der Waals surface area contributed by atoms with Crippen molar-refractivity contribution in [1.82, 2.24) is 0 Å². The number of hydrogen-bond acceptors (Lipinski definition) is 3. The van der Waals surface area contributed by atoms with Crippen LogP contribution in [0.15, 0.2) is 48.5 Å². The first-order chi connectivity index (χ1) is 10.5. The Morgan fingerprint density at radius 2 is 1.95 bits per heavy atom. The first kappa shape index (κ1) is 14.6. The Morgan fingerprint density at radius 3 is 2.50 bits per heavy atom. The molecule has 114 valence electrons. The fourth-order valence-corrected chi connectivity index (χ4v) is 3.11. The third-order valence-electron chi connectivity index (χ3n) is 4.52. The summed E-state index contributed by atoms with van der Waals surface area (Å²) in [5.41, 5.74) is 1.08. The monoisotopic (exact) mass is 298 g/mol. The van der Waals surface area contributed by atoms with Crippen LogP contribution in [0.25, 0.3) is 0 Å². The van der Waals surface area contributed by atoms with Crippen molar-refractivity contribution in [3.8, 4) is 5.75 Å². The molecule has 0 amide bonds. The molecule has 0 heterocycles. The molecule has 0 spiro atoms. The number of hydrogen-bond donors (Lipinski definition) is 2. The first-order valence-corrected chi connectivity index (χ1v) is 7.25. The summed E-state index contributed by atoms with van der Waals surface area (Å²) in [5, 5.41) is 20.0. The number of aromatic carboxylic acids is 1. The van der Waals surface area contributed by atoms with Gasteiger partial charge >= 0.3 is 5.97 Å². The standard InChI is InChI=1S/C18H18O4/c1-22-15-4-2-3-13(11-15)16-9-10-18(16,21)14-7-5-12(6-8-14)17(19)20/h2-8,11,16,21H,9-10H2,1H3,(H,19,20)/t16-,18-/m1/s1. The maximum atomic E-state index is 11.0. The number of carboxylic acids is 1. The summed E-state index contributed by atoms with van der Waals surface area (Å²) in [7, 11) is 1.62. The fourth-order valence-electron chi connectivity index (χ4n) is 3.11. The molecular weight excluding hydrogens is 280 g/mol. The van der Waals surface area contributed by atoms with Gasteiger partial charge in [-0.15, -0.1) is 0 Å². The third kappa shape index (κ3) is 2.35. The van der Waals surface area contributed by atoms with Gasteiger partial charge in [0.15, 0.2) is 0 Å². The van der Waals surface area contributed by atoms with Gasteiger partial charge in [0.2, 0.25) is 0 Å². The molecule has 4 heteroatoms. The van der Waals surface area contributed by atoms with Crippen LogP contribution in [0, 0.1) is 0 Å². The van der Waals surface area contributed by atoms with Crippen LogP contribution < -0.4 is 4.74 Å². The lowest BCUT2D eigenvalue weighted by atomic mass is 9.63. The van der Waals surface area contributed by atoms with E-state index in [0.29, 0.717) is 6.42 Å². The van der Waals surface area contributed by atoms with E-state index in [1.54, 1.807) is 19.2 Å². The van der Waals surface area contributed by atoms with Gasteiger partial charge in [-0.2, -0.15) is 0 Å². The van der Waals surface area contributed by atoms with E-state index in [9.17, 15) is 9.90 Å². The molecule has 0 aromatic heterocycles. The minimum atomic E-state index is -0.962. The minimum Gasteiger partial charge on any atom is -0.497 e. The second-order valence-corrected chi connectivity index (χ2v) is 5.67. The molecular formula is C18H18O4. The summed E-state index contributed by atoms with van der Waals surface area (Å²) < 4.78 is 5.24. The number of carbonyl (C=O) groups is 1. The highest BCUT2D eigenvalue weighted by Crippen LogP contribution is 2.52. The summed E-state index contributed by atoms with van der Waals surface area (Å²) in [6.07, 6.45) is 1.56. The molecule has 1 fully saturated rings. The molecule has 22 heavy (non-hydrogen) atoms. The Balaban J connectivity index is 1.90. The highest BCUT2D eigenvalue weighted by molar-refractivity contribution is 5.87. The molecule has 0 radical (unpaired) electrons. The summed E-state index contributed by atoms with van der Waals surface area (Å²) in [4.78, 5) is 10.9. The minimum absolute atomic E-state index is 0.00159. The molecule has 1 aliphatic rings. The quantitative estimate of drug-likeness (QED) is 0.910. The van der Waals surface area contributed by atoms with Crippen LogP contribution >= 0.6 is 0 Å². The van der Waals surface area contributed by atoms with E-state index >= 15 is 0 Å². The molecule has 4 nitrogen and oxygen atoms in total. The van der Waals surface area contributed by atoms with Crippen LogP contribution in [0.1, 0.15) is 40.2 Å². The van der Waals surface area contributed by atoms with Crippen LogP contribution in [-0.4, -0.2) is 23.3 Å².